The summed E-state index contributed by atoms with van der Waals surface area (Å²) in [5.74, 6) is 0.0264. The van der Waals surface area contributed by atoms with Crippen molar-refractivity contribution in [2.24, 2.45) is 0 Å². The van der Waals surface area contributed by atoms with Gasteiger partial charge in [-0.25, -0.2) is 0 Å². The molecule has 18 heavy (non-hydrogen) atoms. The number of aryl methyl sites for hydroxylation is 1. The van der Waals surface area contributed by atoms with Crippen LogP contribution >= 0.6 is 23.2 Å². The molecule has 0 aliphatic carbocycles. The molecule has 0 amide bonds. The zero-order valence-corrected chi connectivity index (χ0v) is 11.7. The molecule has 0 saturated carbocycles. The molecule has 5 heteroatoms. The molecule has 0 N–H and O–H groups in total. The first-order valence-electron chi connectivity index (χ1n) is 5.35. The van der Waals surface area contributed by atoms with Crippen LogP contribution in [0.2, 0.25) is 10.0 Å². The number of ether oxygens (including phenoxy) is 1. The van der Waals surface area contributed by atoms with Crippen molar-refractivity contribution in [3.05, 3.63) is 33.4 Å². The van der Waals surface area contributed by atoms with E-state index in [4.69, 9.17) is 27.9 Å². The Morgan fingerprint density at radius 2 is 1.94 bits per heavy atom. The monoisotopic (exact) mass is 283 g/mol. The van der Waals surface area contributed by atoms with Crippen LogP contribution in [0.3, 0.4) is 0 Å². The van der Waals surface area contributed by atoms with Gasteiger partial charge in [-0.1, -0.05) is 23.2 Å². The third kappa shape index (κ3) is 2.16. The second-order valence-corrected chi connectivity index (χ2v) is 4.79. The van der Waals surface area contributed by atoms with Crippen LogP contribution in [0.1, 0.15) is 18.2 Å². The second-order valence-electron chi connectivity index (χ2n) is 4.00. The number of carbonyl (C=O) groups is 1. The molecule has 0 bridgehead atoms. The van der Waals surface area contributed by atoms with Crippen LogP contribution in [0.25, 0.3) is 10.9 Å². The van der Waals surface area contributed by atoms with Crippen LogP contribution in [0, 0.1) is 13.8 Å². The molecule has 0 radical (unpaired) electrons. The molecule has 1 aromatic heterocycles. The normalized spacial score (nSPS) is 10.7. The van der Waals surface area contributed by atoms with Crippen molar-refractivity contribution in [2.75, 3.05) is 0 Å². The van der Waals surface area contributed by atoms with E-state index in [-0.39, 0.29) is 0 Å². The number of fused-ring (bicyclic) bond motifs is 1. The Hall–Kier alpha value is -1.32. The lowest BCUT2D eigenvalue weighted by molar-refractivity contribution is -0.131. The van der Waals surface area contributed by atoms with E-state index in [2.05, 4.69) is 4.98 Å². The van der Waals surface area contributed by atoms with Gasteiger partial charge >= 0.3 is 5.97 Å². The maximum atomic E-state index is 11.2. The van der Waals surface area contributed by atoms with Gasteiger partial charge in [0.05, 0.1) is 20.9 Å². The fourth-order valence-electron chi connectivity index (χ4n) is 1.74. The number of pyridine rings is 1. The predicted molar refractivity (Wildman–Crippen MR) is 72.5 cm³/mol. The standard InChI is InChI=1S/C13H11Cl2NO2/c1-6-7(2)16-10-5-4-9(14)12(15)11(10)13(6)18-8(3)17/h4-5H,1-3H3. The molecule has 0 aliphatic heterocycles. The van der Waals surface area contributed by atoms with Crippen LogP contribution in [0.5, 0.6) is 5.75 Å². The van der Waals surface area contributed by atoms with Crippen molar-refractivity contribution in [1.29, 1.82) is 0 Å². The summed E-state index contributed by atoms with van der Waals surface area (Å²) in [6, 6.07) is 3.43. The van der Waals surface area contributed by atoms with Crippen molar-refractivity contribution < 1.29 is 9.53 Å². The number of rotatable bonds is 1. The molecular formula is C13H11Cl2NO2. The largest absolute Gasteiger partial charge is 0.426 e. The summed E-state index contributed by atoms with van der Waals surface area (Å²) in [5.41, 5.74) is 2.22. The third-order valence-electron chi connectivity index (χ3n) is 2.72. The van der Waals surface area contributed by atoms with E-state index in [0.29, 0.717) is 26.7 Å². The topological polar surface area (TPSA) is 39.2 Å². The Kier molecular flexibility index (Phi) is 3.46. The van der Waals surface area contributed by atoms with Gasteiger partial charge in [-0.2, -0.15) is 0 Å². The quantitative estimate of drug-likeness (QED) is 0.740. The van der Waals surface area contributed by atoms with Crippen molar-refractivity contribution in [3.63, 3.8) is 0 Å². The fraction of sp³-hybridized carbons (Fsp3) is 0.231. The molecule has 0 spiro atoms. The van der Waals surface area contributed by atoms with Crippen molar-refractivity contribution in [2.45, 2.75) is 20.8 Å². The molecule has 94 valence electrons. The summed E-state index contributed by atoms with van der Waals surface area (Å²) < 4.78 is 5.25. The minimum atomic E-state index is -0.402. The highest BCUT2D eigenvalue weighted by atomic mass is 35.5. The van der Waals surface area contributed by atoms with Gasteiger partial charge < -0.3 is 4.74 Å². The Morgan fingerprint density at radius 3 is 2.56 bits per heavy atom. The van der Waals surface area contributed by atoms with Crippen molar-refractivity contribution in [3.8, 4) is 5.75 Å². The van der Waals surface area contributed by atoms with E-state index in [1.807, 2.05) is 13.8 Å². The van der Waals surface area contributed by atoms with Gasteiger partial charge in [0.25, 0.3) is 0 Å². The Balaban J connectivity index is 2.89. The first-order chi connectivity index (χ1) is 8.41. The SMILES string of the molecule is CC(=O)Oc1c(C)c(C)nc2ccc(Cl)c(Cl)c12. The first-order valence-corrected chi connectivity index (χ1v) is 6.10. The van der Waals surface area contributed by atoms with Gasteiger partial charge in [-0.15, -0.1) is 0 Å². The lowest BCUT2D eigenvalue weighted by Crippen LogP contribution is -2.05. The highest BCUT2D eigenvalue weighted by Gasteiger charge is 2.16. The van der Waals surface area contributed by atoms with E-state index in [9.17, 15) is 4.79 Å². The molecule has 0 unspecified atom stereocenters. The van der Waals surface area contributed by atoms with Crippen LogP contribution in [0.15, 0.2) is 12.1 Å². The van der Waals surface area contributed by atoms with Crippen LogP contribution < -0.4 is 4.74 Å². The van der Waals surface area contributed by atoms with Crippen LogP contribution in [-0.4, -0.2) is 11.0 Å². The van der Waals surface area contributed by atoms with E-state index in [1.54, 1.807) is 12.1 Å². The highest BCUT2D eigenvalue weighted by Crippen LogP contribution is 2.38. The molecule has 1 heterocycles. The first kappa shape index (κ1) is 13.1. The van der Waals surface area contributed by atoms with Crippen molar-refractivity contribution in [1.82, 2.24) is 4.98 Å². The summed E-state index contributed by atoms with van der Waals surface area (Å²) in [6.07, 6.45) is 0. The Bertz CT molecular complexity index is 653. The zero-order chi connectivity index (χ0) is 13.4. The number of esters is 1. The molecule has 3 nitrogen and oxygen atoms in total. The van der Waals surface area contributed by atoms with Crippen LogP contribution in [0.4, 0.5) is 0 Å². The van der Waals surface area contributed by atoms with Gasteiger partial charge in [0.2, 0.25) is 0 Å². The fourth-order valence-corrected chi connectivity index (χ4v) is 2.14. The van der Waals surface area contributed by atoms with E-state index in [0.717, 1.165) is 11.3 Å². The Morgan fingerprint density at radius 1 is 1.28 bits per heavy atom. The number of hydrogen-bond acceptors (Lipinski definition) is 3. The molecule has 0 fully saturated rings. The summed E-state index contributed by atoms with van der Waals surface area (Å²) in [7, 11) is 0. The van der Waals surface area contributed by atoms with Gasteiger partial charge in [-0.05, 0) is 26.0 Å². The second kappa shape index (κ2) is 4.75. The molecule has 0 aliphatic rings. The maximum Gasteiger partial charge on any atom is 0.308 e. The smallest absolute Gasteiger partial charge is 0.308 e. The van der Waals surface area contributed by atoms with Gasteiger partial charge in [-0.3, -0.25) is 9.78 Å². The van der Waals surface area contributed by atoms with E-state index < -0.39 is 5.97 Å². The lowest BCUT2D eigenvalue weighted by Gasteiger charge is -2.13. The highest BCUT2D eigenvalue weighted by molar-refractivity contribution is 6.45. The molecule has 2 aromatic rings. The van der Waals surface area contributed by atoms with E-state index in [1.165, 1.54) is 6.92 Å². The summed E-state index contributed by atoms with van der Waals surface area (Å²) >= 11 is 12.2. The van der Waals surface area contributed by atoms with Gasteiger partial charge in [0, 0.05) is 18.2 Å². The minimum Gasteiger partial charge on any atom is -0.426 e. The molecule has 1 aromatic carbocycles. The number of hydrogen-bond donors (Lipinski definition) is 0. The predicted octanol–water partition coefficient (Wildman–Crippen LogP) is 4.08. The maximum absolute atomic E-state index is 11.2. The summed E-state index contributed by atoms with van der Waals surface area (Å²) in [6.45, 7) is 5.03. The lowest BCUT2D eigenvalue weighted by atomic mass is 10.1. The molecule has 0 saturated heterocycles. The average Bonchev–Trinajstić information content (AvgIpc) is 2.29. The summed E-state index contributed by atoms with van der Waals surface area (Å²) in [4.78, 5) is 15.6. The zero-order valence-electron chi connectivity index (χ0n) is 10.2. The molecule has 0 atom stereocenters. The third-order valence-corrected chi connectivity index (χ3v) is 3.52. The Labute approximate surface area is 115 Å². The molecule has 2 rings (SSSR count). The van der Waals surface area contributed by atoms with Gasteiger partial charge in [0.15, 0.2) is 0 Å². The van der Waals surface area contributed by atoms with Crippen molar-refractivity contribution >= 4 is 40.1 Å². The number of aromatic nitrogens is 1. The average molecular weight is 284 g/mol. The number of benzene rings is 1. The number of halogens is 2. The molecular weight excluding hydrogens is 273 g/mol. The van der Waals surface area contributed by atoms with Gasteiger partial charge in [0.1, 0.15) is 5.75 Å². The number of nitrogens with zero attached hydrogens (tertiary/aromatic N) is 1. The minimum absolute atomic E-state index is 0.348. The number of carbonyl (C=O) groups excluding carboxylic acids is 1. The van der Waals surface area contributed by atoms with Crippen LogP contribution in [-0.2, 0) is 4.79 Å². The van der Waals surface area contributed by atoms with E-state index >= 15 is 0 Å². The summed E-state index contributed by atoms with van der Waals surface area (Å²) in [5, 5.41) is 1.33.